The van der Waals surface area contributed by atoms with Gasteiger partial charge in [0.05, 0.1) is 30.4 Å². The number of alkyl halides is 3. The Labute approximate surface area is 218 Å². The van der Waals surface area contributed by atoms with Crippen molar-refractivity contribution in [2.24, 2.45) is 0 Å². The molecule has 39 heavy (non-hydrogen) atoms. The summed E-state index contributed by atoms with van der Waals surface area (Å²) in [4.78, 5) is 19.9. The van der Waals surface area contributed by atoms with E-state index in [1.807, 2.05) is 4.72 Å². The molecular weight excluding hydrogens is 548 g/mol. The lowest BCUT2D eigenvalue weighted by atomic mass is 10.1. The van der Waals surface area contributed by atoms with Crippen molar-refractivity contribution in [3.05, 3.63) is 76.7 Å². The molecule has 0 aliphatic rings. The van der Waals surface area contributed by atoms with Gasteiger partial charge < -0.3 is 14.2 Å². The van der Waals surface area contributed by atoms with E-state index in [1.165, 1.54) is 49.3 Å². The number of halogens is 4. The van der Waals surface area contributed by atoms with Gasteiger partial charge in [-0.25, -0.2) is 22.8 Å². The van der Waals surface area contributed by atoms with Crippen LogP contribution in [0.4, 0.5) is 23.2 Å². The van der Waals surface area contributed by atoms with E-state index in [4.69, 9.17) is 14.2 Å². The molecule has 0 fully saturated rings. The minimum Gasteiger partial charge on any atom is -0.484 e. The number of benzene rings is 1. The Hall–Kier alpha value is -4.24. The molecule has 3 heterocycles. The van der Waals surface area contributed by atoms with Gasteiger partial charge in [0.1, 0.15) is 23.8 Å². The number of pyridine rings is 2. The summed E-state index contributed by atoms with van der Waals surface area (Å²) in [6.45, 7) is 0.371. The normalized spacial score (nSPS) is 11.9. The maximum Gasteiger partial charge on any atom is 0.417 e. The van der Waals surface area contributed by atoms with Crippen LogP contribution in [0.1, 0.15) is 5.56 Å². The summed E-state index contributed by atoms with van der Waals surface area (Å²) in [7, 11) is -2.22. The third kappa shape index (κ3) is 5.93. The number of sulfonamides is 1. The van der Waals surface area contributed by atoms with Crippen LogP contribution < -0.4 is 19.8 Å². The van der Waals surface area contributed by atoms with Crippen molar-refractivity contribution in [2.75, 3.05) is 32.2 Å². The second-order valence-electron chi connectivity index (χ2n) is 7.94. The molecule has 0 atom stereocenters. The van der Waals surface area contributed by atoms with Gasteiger partial charge in [0.25, 0.3) is 15.6 Å². The highest BCUT2D eigenvalue weighted by Crippen LogP contribution is 2.36. The number of nitrogens with zero attached hydrogens (tertiary/aromatic N) is 3. The number of hydrogen-bond acceptors (Lipinski definition) is 8. The first kappa shape index (κ1) is 27.8. The van der Waals surface area contributed by atoms with E-state index in [1.54, 1.807) is 6.07 Å². The van der Waals surface area contributed by atoms with Gasteiger partial charge in [-0.3, -0.25) is 13.9 Å². The predicted molar refractivity (Wildman–Crippen MR) is 131 cm³/mol. The van der Waals surface area contributed by atoms with Gasteiger partial charge in [-0.2, -0.15) is 13.2 Å². The van der Waals surface area contributed by atoms with Gasteiger partial charge in [-0.05, 0) is 36.4 Å². The van der Waals surface area contributed by atoms with E-state index in [9.17, 15) is 30.8 Å². The van der Waals surface area contributed by atoms with Crippen LogP contribution in [0.5, 0.6) is 11.6 Å². The Morgan fingerprint density at radius 1 is 1.00 bits per heavy atom. The molecule has 4 rings (SSSR count). The van der Waals surface area contributed by atoms with Crippen LogP contribution in [-0.4, -0.2) is 50.2 Å². The van der Waals surface area contributed by atoms with E-state index in [-0.39, 0.29) is 42.2 Å². The summed E-state index contributed by atoms with van der Waals surface area (Å²) in [5.74, 6) is -1.52. The van der Waals surface area contributed by atoms with E-state index >= 15 is 0 Å². The van der Waals surface area contributed by atoms with Crippen molar-refractivity contribution in [3.63, 3.8) is 0 Å². The number of ether oxygens (including phenoxy) is 3. The van der Waals surface area contributed by atoms with Crippen LogP contribution in [0.2, 0.25) is 0 Å². The Morgan fingerprint density at radius 2 is 1.77 bits per heavy atom. The van der Waals surface area contributed by atoms with Gasteiger partial charge in [0.2, 0.25) is 11.6 Å². The molecule has 0 amide bonds. The molecule has 206 valence electrons. The molecule has 3 aromatic heterocycles. The number of nitrogens with one attached hydrogen (secondary N) is 1. The van der Waals surface area contributed by atoms with Gasteiger partial charge in [0, 0.05) is 30.6 Å². The molecule has 0 aliphatic carbocycles. The fraction of sp³-hybridized carbons (Fsp3) is 0.208. The topological polar surface area (TPSA) is 121 Å². The largest absolute Gasteiger partial charge is 0.484 e. The quantitative estimate of drug-likeness (QED) is 0.240. The van der Waals surface area contributed by atoms with E-state index < -0.39 is 38.0 Å². The van der Waals surface area contributed by atoms with Crippen LogP contribution in [0.15, 0.2) is 64.7 Å². The Kier molecular flexibility index (Phi) is 7.74. The molecule has 1 N–H and O–H groups in total. The van der Waals surface area contributed by atoms with Gasteiger partial charge in [0.15, 0.2) is 0 Å². The standard InChI is InChI=1S/C24H20F4N4O6S/c1-36-7-8-38-19-12-29-21-6-3-14(13-32(21)23(19)33)15-9-18(22(37-2)30-11-15)31-39(34,35)20-5-4-16(25)10-17(20)24(26,27)28/h3-6,9-13,31H,7-8H2,1-2H3. The molecule has 1 aromatic carbocycles. The first-order chi connectivity index (χ1) is 18.4. The highest BCUT2D eigenvalue weighted by Gasteiger charge is 2.38. The Balaban J connectivity index is 1.75. The van der Waals surface area contributed by atoms with E-state index in [0.717, 1.165) is 0 Å². The van der Waals surface area contributed by atoms with Crippen LogP contribution >= 0.6 is 0 Å². The van der Waals surface area contributed by atoms with Gasteiger partial charge >= 0.3 is 6.18 Å². The highest BCUT2D eigenvalue weighted by molar-refractivity contribution is 7.92. The lowest BCUT2D eigenvalue weighted by Gasteiger charge is -2.16. The molecule has 0 unspecified atom stereocenters. The Bertz CT molecular complexity index is 1690. The molecule has 15 heteroatoms. The predicted octanol–water partition coefficient (Wildman–Crippen LogP) is 3.75. The molecule has 0 bridgehead atoms. The first-order valence-electron chi connectivity index (χ1n) is 11.0. The lowest BCUT2D eigenvalue weighted by molar-refractivity contribution is -0.140. The van der Waals surface area contributed by atoms with Crippen molar-refractivity contribution < 1.29 is 40.2 Å². The minimum atomic E-state index is -5.14. The molecule has 0 saturated carbocycles. The van der Waals surface area contributed by atoms with E-state index in [0.29, 0.717) is 23.3 Å². The fourth-order valence-corrected chi connectivity index (χ4v) is 4.82. The maximum absolute atomic E-state index is 13.5. The number of aromatic nitrogens is 3. The van der Waals surface area contributed by atoms with Crippen molar-refractivity contribution >= 4 is 21.4 Å². The molecular formula is C24H20F4N4O6S. The number of anilines is 1. The minimum absolute atomic E-state index is 0.0252. The second-order valence-corrected chi connectivity index (χ2v) is 9.59. The van der Waals surface area contributed by atoms with Gasteiger partial charge in [-0.1, -0.05) is 0 Å². The number of rotatable bonds is 9. The molecule has 0 radical (unpaired) electrons. The maximum atomic E-state index is 13.5. The first-order valence-corrected chi connectivity index (χ1v) is 12.5. The summed E-state index contributed by atoms with van der Waals surface area (Å²) >= 11 is 0. The average molecular weight is 569 g/mol. The average Bonchev–Trinajstić information content (AvgIpc) is 2.89. The number of fused-ring (bicyclic) bond motifs is 1. The van der Waals surface area contributed by atoms with Crippen molar-refractivity contribution in [1.29, 1.82) is 0 Å². The zero-order chi connectivity index (χ0) is 28.4. The number of methoxy groups -OCH3 is 2. The van der Waals surface area contributed by atoms with E-state index in [2.05, 4.69) is 9.97 Å². The highest BCUT2D eigenvalue weighted by atomic mass is 32.2. The summed E-state index contributed by atoms with van der Waals surface area (Å²) in [5, 5.41) is 0. The second kappa shape index (κ2) is 10.9. The molecule has 10 nitrogen and oxygen atoms in total. The monoisotopic (exact) mass is 568 g/mol. The SMILES string of the molecule is COCCOc1cnc2ccc(-c3cnc(OC)c(NS(=O)(=O)c4ccc(F)cc4C(F)(F)F)c3)cn2c1=O. The van der Waals surface area contributed by atoms with Crippen LogP contribution in [0.25, 0.3) is 16.8 Å². The molecule has 0 aliphatic heterocycles. The van der Waals surface area contributed by atoms with Crippen molar-refractivity contribution in [2.45, 2.75) is 11.1 Å². The lowest BCUT2D eigenvalue weighted by Crippen LogP contribution is -2.20. The van der Waals surface area contributed by atoms with Crippen molar-refractivity contribution in [1.82, 2.24) is 14.4 Å². The fourth-order valence-electron chi connectivity index (χ4n) is 3.57. The van der Waals surface area contributed by atoms with Crippen LogP contribution in [-0.2, 0) is 20.9 Å². The zero-order valence-corrected chi connectivity index (χ0v) is 21.1. The Morgan fingerprint density at radius 3 is 2.46 bits per heavy atom. The smallest absolute Gasteiger partial charge is 0.417 e. The zero-order valence-electron chi connectivity index (χ0n) is 20.3. The number of hydrogen-bond donors (Lipinski definition) is 1. The molecule has 0 spiro atoms. The molecule has 0 saturated heterocycles. The van der Waals surface area contributed by atoms with Crippen LogP contribution in [0, 0.1) is 5.82 Å². The molecule has 4 aromatic rings. The third-order valence-electron chi connectivity index (χ3n) is 5.37. The summed E-state index contributed by atoms with van der Waals surface area (Å²) in [6, 6.07) is 5.57. The van der Waals surface area contributed by atoms with Crippen LogP contribution in [0.3, 0.4) is 0 Å². The van der Waals surface area contributed by atoms with Gasteiger partial charge in [-0.15, -0.1) is 0 Å². The van der Waals surface area contributed by atoms with Crippen molar-refractivity contribution in [3.8, 4) is 22.8 Å². The summed E-state index contributed by atoms with van der Waals surface area (Å²) < 4.78 is 98.4. The summed E-state index contributed by atoms with van der Waals surface area (Å²) in [6.07, 6.45) is -1.14. The third-order valence-corrected chi connectivity index (χ3v) is 6.80. The summed E-state index contributed by atoms with van der Waals surface area (Å²) in [5.41, 5.74) is -1.53.